The number of carbonyl (C=O) groups is 3. The standard InChI is InChI=1S/C46H49N3O7S/c47-39-13-6-7-14-40(39)49-44(52)17-4-2-1-3-16-43(51)48-28-32-10-9-11-36(26-32)33-22-24-35(25-23-33)46-55-37(30-57-42-15-8-5-12-38(42)45(53)54)27-41(56-46)34-20-18-31(29-50)19-21-34/h5-15,18-26,37,41,46,50H,1-4,16-17,27-30,47H2,(H,48,51)(H,49,52)(H,53,54). The van der Waals surface area contributed by atoms with E-state index < -0.39 is 12.3 Å². The molecule has 11 heteroatoms. The van der Waals surface area contributed by atoms with Crippen molar-refractivity contribution in [2.24, 2.45) is 0 Å². The van der Waals surface area contributed by atoms with Crippen LogP contribution in [0.5, 0.6) is 0 Å². The van der Waals surface area contributed by atoms with E-state index in [-0.39, 0.29) is 36.2 Å². The van der Waals surface area contributed by atoms with Crippen molar-refractivity contribution in [2.75, 3.05) is 16.8 Å². The average molecular weight is 788 g/mol. The SMILES string of the molecule is Nc1ccccc1NC(=O)CCCCCCC(=O)NCc1cccc(-c2ccc(C3OC(CSc4ccccc4C(=O)O)CC(c4ccc(CO)cc4)O3)cc2)c1. The summed E-state index contributed by atoms with van der Waals surface area (Å²) in [5.41, 5.74) is 13.0. The fourth-order valence-electron chi connectivity index (χ4n) is 6.71. The van der Waals surface area contributed by atoms with Crippen molar-refractivity contribution in [3.63, 3.8) is 0 Å². The number of hydrogen-bond acceptors (Lipinski definition) is 8. The van der Waals surface area contributed by atoms with Crippen LogP contribution in [-0.2, 0) is 32.2 Å². The molecular formula is C46H49N3O7S. The molecule has 1 fully saturated rings. The first-order chi connectivity index (χ1) is 27.7. The number of rotatable bonds is 18. The molecule has 3 atom stereocenters. The van der Waals surface area contributed by atoms with Crippen LogP contribution < -0.4 is 16.4 Å². The molecule has 57 heavy (non-hydrogen) atoms. The Morgan fingerprint density at radius 1 is 0.719 bits per heavy atom. The van der Waals surface area contributed by atoms with Gasteiger partial charge in [0, 0.05) is 42.0 Å². The van der Waals surface area contributed by atoms with E-state index in [4.69, 9.17) is 15.2 Å². The number of unbranched alkanes of at least 4 members (excludes halogenated alkanes) is 3. The highest BCUT2D eigenvalue weighted by Crippen LogP contribution is 2.40. The third-order valence-electron chi connectivity index (χ3n) is 9.88. The van der Waals surface area contributed by atoms with Crippen LogP contribution in [0.15, 0.2) is 126 Å². The molecule has 0 radical (unpaired) electrons. The molecule has 3 unspecified atom stereocenters. The maximum Gasteiger partial charge on any atom is 0.336 e. The highest BCUT2D eigenvalue weighted by Gasteiger charge is 2.32. The van der Waals surface area contributed by atoms with Gasteiger partial charge in [0.15, 0.2) is 6.29 Å². The number of anilines is 2. The topological polar surface area (TPSA) is 160 Å². The molecule has 2 amide bonds. The number of amides is 2. The van der Waals surface area contributed by atoms with Crippen LogP contribution in [0.2, 0.25) is 0 Å². The third-order valence-corrected chi connectivity index (χ3v) is 11.1. The van der Waals surface area contributed by atoms with Gasteiger partial charge in [-0.05, 0) is 71.0 Å². The van der Waals surface area contributed by atoms with Crippen LogP contribution >= 0.6 is 11.8 Å². The number of aliphatic hydroxyl groups excluding tert-OH is 1. The zero-order chi connectivity index (χ0) is 40.0. The first-order valence-electron chi connectivity index (χ1n) is 19.3. The van der Waals surface area contributed by atoms with Gasteiger partial charge in [0.25, 0.3) is 0 Å². The van der Waals surface area contributed by atoms with E-state index in [1.807, 2.05) is 91.0 Å². The zero-order valence-electron chi connectivity index (χ0n) is 31.8. The second-order valence-electron chi connectivity index (χ2n) is 14.1. The molecule has 5 aromatic carbocycles. The van der Waals surface area contributed by atoms with Gasteiger partial charge in [0.1, 0.15) is 0 Å². The van der Waals surface area contributed by atoms with Gasteiger partial charge in [-0.1, -0.05) is 104 Å². The van der Waals surface area contributed by atoms with Gasteiger partial charge < -0.3 is 36.1 Å². The zero-order valence-corrected chi connectivity index (χ0v) is 32.6. The van der Waals surface area contributed by atoms with Crippen molar-refractivity contribution in [2.45, 2.75) is 81.5 Å². The van der Waals surface area contributed by atoms with Gasteiger partial charge in [-0.2, -0.15) is 0 Å². The number of carbonyl (C=O) groups excluding carboxylic acids is 2. The summed E-state index contributed by atoms with van der Waals surface area (Å²) < 4.78 is 13.0. The van der Waals surface area contributed by atoms with E-state index in [9.17, 15) is 24.6 Å². The highest BCUT2D eigenvalue weighted by atomic mass is 32.2. The minimum atomic E-state index is -0.963. The number of hydrogen-bond donors (Lipinski definition) is 5. The molecule has 0 bridgehead atoms. The van der Waals surface area contributed by atoms with Crippen LogP contribution in [-0.4, -0.2) is 39.9 Å². The van der Waals surface area contributed by atoms with Crippen LogP contribution in [0, 0.1) is 0 Å². The number of carboxylic acid groups (broad SMARTS) is 1. The number of aliphatic hydroxyl groups is 1. The third kappa shape index (κ3) is 12.0. The summed E-state index contributed by atoms with van der Waals surface area (Å²) in [4.78, 5) is 37.3. The van der Waals surface area contributed by atoms with Gasteiger partial charge in [-0.3, -0.25) is 9.59 Å². The van der Waals surface area contributed by atoms with Crippen molar-refractivity contribution in [1.82, 2.24) is 5.32 Å². The van der Waals surface area contributed by atoms with Crippen LogP contribution in [0.4, 0.5) is 11.4 Å². The Morgan fingerprint density at radius 2 is 1.42 bits per heavy atom. The van der Waals surface area contributed by atoms with Gasteiger partial charge in [-0.15, -0.1) is 11.8 Å². The van der Waals surface area contributed by atoms with Crippen molar-refractivity contribution in [3.8, 4) is 11.1 Å². The van der Waals surface area contributed by atoms with E-state index >= 15 is 0 Å². The fourth-order valence-corrected chi connectivity index (χ4v) is 7.77. The summed E-state index contributed by atoms with van der Waals surface area (Å²) in [7, 11) is 0. The van der Waals surface area contributed by atoms with E-state index in [1.54, 1.807) is 24.3 Å². The molecule has 1 aliphatic heterocycles. The molecule has 0 spiro atoms. The number of thioether (sulfide) groups is 1. The molecule has 296 valence electrons. The molecule has 0 aliphatic carbocycles. The maximum atomic E-state index is 12.6. The molecule has 0 aromatic heterocycles. The smallest absolute Gasteiger partial charge is 0.336 e. The summed E-state index contributed by atoms with van der Waals surface area (Å²) in [6.07, 6.45) is 3.56. The Hall–Kier alpha value is -5.46. The molecular weight excluding hydrogens is 739 g/mol. The summed E-state index contributed by atoms with van der Waals surface area (Å²) in [5, 5.41) is 25.1. The first kappa shape index (κ1) is 41.2. The van der Waals surface area contributed by atoms with E-state index in [0.717, 1.165) is 59.1 Å². The predicted octanol–water partition coefficient (Wildman–Crippen LogP) is 9.06. The van der Waals surface area contributed by atoms with Crippen LogP contribution in [0.3, 0.4) is 0 Å². The number of aromatic carboxylic acids is 1. The lowest BCUT2D eigenvalue weighted by Gasteiger charge is -2.36. The van der Waals surface area contributed by atoms with Gasteiger partial charge in [0.05, 0.1) is 35.8 Å². The Labute approximate surface area is 337 Å². The summed E-state index contributed by atoms with van der Waals surface area (Å²) in [6, 6.07) is 38.1. The average Bonchev–Trinajstić information content (AvgIpc) is 3.24. The van der Waals surface area contributed by atoms with Gasteiger partial charge in [-0.25, -0.2) is 4.79 Å². The summed E-state index contributed by atoms with van der Waals surface area (Å²) >= 11 is 1.46. The quantitative estimate of drug-likeness (QED) is 0.0332. The lowest BCUT2D eigenvalue weighted by atomic mass is 9.99. The Balaban J connectivity index is 0.999. The lowest BCUT2D eigenvalue weighted by Crippen LogP contribution is -2.31. The molecule has 10 nitrogen and oxygen atoms in total. The van der Waals surface area contributed by atoms with E-state index in [0.29, 0.717) is 47.8 Å². The van der Waals surface area contributed by atoms with Crippen LogP contribution in [0.25, 0.3) is 11.1 Å². The minimum absolute atomic E-state index is 0.0000217. The number of carboxylic acids is 1. The normalized spacial score (nSPS) is 16.5. The second kappa shape index (κ2) is 20.6. The first-order valence-corrected chi connectivity index (χ1v) is 20.3. The van der Waals surface area contributed by atoms with Crippen molar-refractivity contribution < 1.29 is 34.1 Å². The Bertz CT molecular complexity index is 2110. The Kier molecular flexibility index (Phi) is 14.9. The molecule has 1 aliphatic rings. The van der Waals surface area contributed by atoms with Crippen molar-refractivity contribution >= 4 is 40.9 Å². The second-order valence-corrected chi connectivity index (χ2v) is 15.2. The monoisotopic (exact) mass is 787 g/mol. The molecule has 0 saturated carbocycles. The number of nitrogens with two attached hydrogens (primary N) is 1. The van der Waals surface area contributed by atoms with Gasteiger partial charge in [0.2, 0.25) is 11.8 Å². The van der Waals surface area contributed by atoms with Gasteiger partial charge >= 0.3 is 5.97 Å². The molecule has 5 aromatic rings. The molecule has 1 heterocycles. The summed E-state index contributed by atoms with van der Waals surface area (Å²) in [5.74, 6) is -0.478. The molecule has 6 N–H and O–H groups in total. The number of nitrogens with one attached hydrogen (secondary N) is 2. The van der Waals surface area contributed by atoms with E-state index in [1.165, 1.54) is 11.8 Å². The fraction of sp³-hybridized carbons (Fsp3) is 0.283. The predicted molar refractivity (Wildman–Crippen MR) is 223 cm³/mol. The number of ether oxygens (including phenoxy) is 2. The number of nitrogen functional groups attached to an aromatic ring is 1. The largest absolute Gasteiger partial charge is 0.478 e. The maximum absolute atomic E-state index is 12.6. The van der Waals surface area contributed by atoms with E-state index in [2.05, 4.69) is 16.7 Å². The van der Waals surface area contributed by atoms with Crippen molar-refractivity contribution in [1.29, 1.82) is 0 Å². The lowest BCUT2D eigenvalue weighted by molar-refractivity contribution is -0.245. The molecule has 1 saturated heterocycles. The number of para-hydroxylation sites is 2. The minimum Gasteiger partial charge on any atom is -0.478 e. The molecule has 6 rings (SSSR count). The van der Waals surface area contributed by atoms with Crippen LogP contribution in [0.1, 0.15) is 90.0 Å². The Morgan fingerprint density at radius 3 is 2.16 bits per heavy atom. The summed E-state index contributed by atoms with van der Waals surface area (Å²) in [6.45, 7) is 0.385. The number of benzene rings is 5. The van der Waals surface area contributed by atoms with Crippen molar-refractivity contribution in [3.05, 3.63) is 149 Å². The highest BCUT2D eigenvalue weighted by molar-refractivity contribution is 7.99.